The lowest BCUT2D eigenvalue weighted by Gasteiger charge is -2.32. The van der Waals surface area contributed by atoms with Crippen LogP contribution in [0.5, 0.6) is 0 Å². The van der Waals surface area contributed by atoms with E-state index in [0.717, 1.165) is 37.7 Å². The number of piperazine rings is 1. The van der Waals surface area contributed by atoms with Gasteiger partial charge in [0.15, 0.2) is 0 Å². The van der Waals surface area contributed by atoms with E-state index in [-0.39, 0.29) is 5.91 Å². The second-order valence-electron chi connectivity index (χ2n) is 6.67. The Morgan fingerprint density at radius 2 is 1.84 bits per heavy atom. The van der Waals surface area contributed by atoms with Crippen molar-refractivity contribution >= 4 is 17.5 Å². The van der Waals surface area contributed by atoms with Gasteiger partial charge in [0.2, 0.25) is 5.91 Å². The number of likely N-dealkylation sites (N-methyl/N-ethyl adjacent to an activating group) is 1. The first-order valence-corrected chi connectivity index (χ1v) is 8.63. The van der Waals surface area contributed by atoms with Crippen LogP contribution in [-0.4, -0.2) is 54.0 Å². The molecule has 0 spiro atoms. The van der Waals surface area contributed by atoms with E-state index in [1.807, 2.05) is 18.0 Å². The molecule has 132 valence electrons. The Morgan fingerprint density at radius 3 is 2.56 bits per heavy atom. The van der Waals surface area contributed by atoms with E-state index >= 15 is 0 Å². The lowest BCUT2D eigenvalue weighted by Crippen LogP contribution is -2.48. The van der Waals surface area contributed by atoms with Crippen LogP contribution in [0.15, 0.2) is 30.6 Å². The van der Waals surface area contributed by atoms with Gasteiger partial charge in [0.05, 0.1) is 6.54 Å². The highest BCUT2D eigenvalue weighted by Crippen LogP contribution is 2.16. The quantitative estimate of drug-likeness (QED) is 0.903. The fourth-order valence-electron chi connectivity index (χ4n) is 3.12. The lowest BCUT2D eigenvalue weighted by atomic mass is 10.1. The number of rotatable bonds is 5. The number of nitrogens with one attached hydrogen (secondary N) is 1. The number of hydrogen-bond acceptors (Lipinski definition) is 5. The van der Waals surface area contributed by atoms with Gasteiger partial charge in [-0.3, -0.25) is 4.79 Å². The summed E-state index contributed by atoms with van der Waals surface area (Å²) in [7, 11) is 1.83. The smallest absolute Gasteiger partial charge is 0.241 e. The number of hydrogen-bond donors (Lipinski definition) is 1. The van der Waals surface area contributed by atoms with E-state index in [1.54, 1.807) is 11.2 Å². The van der Waals surface area contributed by atoms with Crippen molar-refractivity contribution in [2.45, 2.75) is 20.3 Å². The predicted octanol–water partition coefficient (Wildman–Crippen LogP) is 2.03. The molecule has 2 heterocycles. The Kier molecular flexibility index (Phi) is 5.16. The van der Waals surface area contributed by atoms with Crippen LogP contribution in [0.2, 0.25) is 0 Å². The number of nitrogens with zero attached hydrogens (tertiary/aromatic N) is 4. The van der Waals surface area contributed by atoms with Gasteiger partial charge in [-0.2, -0.15) is 0 Å². The van der Waals surface area contributed by atoms with E-state index in [9.17, 15) is 4.79 Å². The monoisotopic (exact) mass is 339 g/mol. The first-order chi connectivity index (χ1) is 12.0. The molecule has 0 saturated carbocycles. The number of benzene rings is 1. The van der Waals surface area contributed by atoms with Crippen molar-refractivity contribution in [2.24, 2.45) is 0 Å². The van der Waals surface area contributed by atoms with E-state index < -0.39 is 0 Å². The lowest BCUT2D eigenvalue weighted by molar-refractivity contribution is -0.129. The number of amides is 1. The second kappa shape index (κ2) is 7.51. The van der Waals surface area contributed by atoms with Gasteiger partial charge in [0.1, 0.15) is 18.0 Å². The van der Waals surface area contributed by atoms with Crippen molar-refractivity contribution in [2.75, 3.05) is 43.4 Å². The van der Waals surface area contributed by atoms with Crippen LogP contribution in [0.4, 0.5) is 11.6 Å². The summed E-state index contributed by atoms with van der Waals surface area (Å²) in [5.41, 5.74) is 3.90. The van der Waals surface area contributed by atoms with Crippen LogP contribution in [-0.2, 0) is 11.2 Å². The molecule has 0 bridgehead atoms. The molecule has 1 amide bonds. The Morgan fingerprint density at radius 1 is 1.08 bits per heavy atom. The summed E-state index contributed by atoms with van der Waals surface area (Å²) in [6.45, 7) is 6.94. The number of aromatic nitrogens is 2. The fourth-order valence-corrected chi connectivity index (χ4v) is 3.12. The fraction of sp³-hybridized carbons (Fsp3) is 0.421. The minimum atomic E-state index is 0.120. The van der Waals surface area contributed by atoms with Crippen LogP contribution in [0.1, 0.15) is 16.7 Å². The molecule has 1 fully saturated rings. The zero-order valence-corrected chi connectivity index (χ0v) is 15.1. The zero-order chi connectivity index (χ0) is 17.8. The molecule has 6 nitrogen and oxygen atoms in total. The summed E-state index contributed by atoms with van der Waals surface area (Å²) in [5.74, 6) is 1.71. The Labute approximate surface area is 148 Å². The van der Waals surface area contributed by atoms with Gasteiger partial charge in [-0.05, 0) is 25.8 Å². The highest BCUT2D eigenvalue weighted by molar-refractivity contribution is 5.82. The third kappa shape index (κ3) is 4.47. The summed E-state index contributed by atoms with van der Waals surface area (Å²) in [4.78, 5) is 24.2. The van der Waals surface area contributed by atoms with Gasteiger partial charge in [0.25, 0.3) is 0 Å². The maximum atomic E-state index is 11.9. The maximum absolute atomic E-state index is 11.9. The summed E-state index contributed by atoms with van der Waals surface area (Å²) in [6, 6.07) is 8.54. The van der Waals surface area contributed by atoms with Crippen LogP contribution in [0, 0.1) is 13.8 Å². The zero-order valence-electron chi connectivity index (χ0n) is 15.1. The number of carbonyl (C=O) groups excluding carboxylic acids is 1. The average molecular weight is 339 g/mol. The Balaban J connectivity index is 1.59. The summed E-state index contributed by atoms with van der Waals surface area (Å²) >= 11 is 0. The summed E-state index contributed by atoms with van der Waals surface area (Å²) in [6.07, 6.45) is 2.49. The van der Waals surface area contributed by atoms with Crippen molar-refractivity contribution in [1.29, 1.82) is 0 Å². The third-order valence-electron chi connectivity index (χ3n) is 4.44. The summed E-state index contributed by atoms with van der Waals surface area (Å²) in [5, 5.41) is 3.36. The van der Waals surface area contributed by atoms with Gasteiger partial charge in [0, 0.05) is 32.7 Å². The topological polar surface area (TPSA) is 61.4 Å². The van der Waals surface area contributed by atoms with E-state index in [0.29, 0.717) is 6.54 Å². The highest BCUT2D eigenvalue weighted by atomic mass is 16.2. The molecular weight excluding hydrogens is 314 g/mol. The number of aryl methyl sites for hydroxylation is 2. The minimum absolute atomic E-state index is 0.120. The molecule has 0 radical (unpaired) electrons. The van der Waals surface area contributed by atoms with Crippen molar-refractivity contribution < 1.29 is 4.79 Å². The molecule has 25 heavy (non-hydrogen) atoms. The first-order valence-electron chi connectivity index (χ1n) is 8.63. The molecule has 1 aromatic carbocycles. The number of anilines is 2. The molecule has 0 aliphatic carbocycles. The second-order valence-corrected chi connectivity index (χ2v) is 6.67. The van der Waals surface area contributed by atoms with Crippen molar-refractivity contribution in [1.82, 2.24) is 14.9 Å². The van der Waals surface area contributed by atoms with E-state index in [2.05, 4.69) is 47.3 Å². The highest BCUT2D eigenvalue weighted by Gasteiger charge is 2.22. The van der Waals surface area contributed by atoms with E-state index in [4.69, 9.17) is 0 Å². The molecule has 0 atom stereocenters. The summed E-state index contributed by atoms with van der Waals surface area (Å²) < 4.78 is 0. The molecule has 3 rings (SSSR count). The molecule has 1 aliphatic rings. The van der Waals surface area contributed by atoms with Gasteiger partial charge in [-0.25, -0.2) is 9.97 Å². The predicted molar refractivity (Wildman–Crippen MR) is 100.0 cm³/mol. The molecule has 1 aliphatic heterocycles. The van der Waals surface area contributed by atoms with Gasteiger partial charge < -0.3 is 15.1 Å². The molecule has 1 saturated heterocycles. The van der Waals surface area contributed by atoms with Crippen LogP contribution < -0.4 is 10.2 Å². The Bertz CT molecular complexity index is 741. The van der Waals surface area contributed by atoms with Crippen molar-refractivity contribution in [3.63, 3.8) is 0 Å². The Hall–Kier alpha value is -2.63. The minimum Gasteiger partial charge on any atom is -0.370 e. The molecular formula is C19H25N5O. The van der Waals surface area contributed by atoms with Gasteiger partial charge >= 0.3 is 0 Å². The van der Waals surface area contributed by atoms with E-state index in [1.165, 1.54) is 16.7 Å². The average Bonchev–Trinajstić information content (AvgIpc) is 2.57. The maximum Gasteiger partial charge on any atom is 0.241 e. The largest absolute Gasteiger partial charge is 0.370 e. The third-order valence-corrected chi connectivity index (χ3v) is 4.44. The van der Waals surface area contributed by atoms with Crippen LogP contribution in [0.25, 0.3) is 0 Å². The molecule has 1 aromatic heterocycles. The van der Waals surface area contributed by atoms with Crippen molar-refractivity contribution in [3.05, 3.63) is 47.3 Å². The van der Waals surface area contributed by atoms with Crippen molar-refractivity contribution in [3.8, 4) is 0 Å². The number of carbonyl (C=O) groups is 1. The molecule has 0 unspecified atom stereocenters. The van der Waals surface area contributed by atoms with Crippen LogP contribution in [0.3, 0.4) is 0 Å². The molecule has 6 heteroatoms. The molecule has 1 N–H and O–H groups in total. The SMILES string of the molecule is Cc1cc(C)cc(CCNc2cc(N3CCN(C)C(=O)C3)ncn2)c1. The normalized spacial score (nSPS) is 14.8. The van der Waals surface area contributed by atoms with Gasteiger partial charge in [-0.15, -0.1) is 0 Å². The first kappa shape index (κ1) is 17.2. The molecule has 2 aromatic rings. The van der Waals surface area contributed by atoms with Gasteiger partial charge in [-0.1, -0.05) is 29.3 Å². The van der Waals surface area contributed by atoms with Crippen LogP contribution >= 0.6 is 0 Å². The standard InChI is InChI=1S/C19H25N5O/c1-14-8-15(2)10-16(9-14)4-5-20-17-11-18(22-13-21-17)24-7-6-23(3)19(25)12-24/h8-11,13H,4-7,12H2,1-3H3,(H,20,21,22).